The maximum atomic E-state index is 3.86. The van der Waals surface area contributed by atoms with Crippen LogP contribution in [0.5, 0.6) is 0 Å². The van der Waals surface area contributed by atoms with E-state index in [1.54, 1.807) is 0 Å². The van der Waals surface area contributed by atoms with Gasteiger partial charge >= 0.3 is 0 Å². The minimum Gasteiger partial charge on any atom is -0.320 e. The summed E-state index contributed by atoms with van der Waals surface area (Å²) in [5, 5.41) is 3.17. The van der Waals surface area contributed by atoms with E-state index in [0.717, 1.165) is 13.0 Å². The first kappa shape index (κ1) is 12.0. The number of hydrogen-bond acceptors (Lipinski definition) is 1. The first-order valence-electron chi connectivity index (χ1n) is 5.64. The number of nitrogens with one attached hydrogen (secondary N) is 1. The fourth-order valence-electron chi connectivity index (χ4n) is 1.75. The smallest absolute Gasteiger partial charge is 0.00518 e. The van der Waals surface area contributed by atoms with Gasteiger partial charge < -0.3 is 5.32 Å². The van der Waals surface area contributed by atoms with Gasteiger partial charge in [-0.25, -0.2) is 0 Å². The van der Waals surface area contributed by atoms with Crippen molar-refractivity contribution in [1.82, 2.24) is 5.32 Å². The average molecular weight is 203 g/mol. The summed E-state index contributed by atoms with van der Waals surface area (Å²) in [5.41, 5.74) is 4.02. The lowest BCUT2D eigenvalue weighted by Crippen LogP contribution is -2.07. The summed E-state index contributed by atoms with van der Waals surface area (Å²) in [6, 6.07) is 6.62. The molecule has 0 amide bonds. The zero-order valence-corrected chi connectivity index (χ0v) is 9.84. The van der Waals surface area contributed by atoms with Crippen LogP contribution in [0, 0.1) is 6.92 Å². The van der Waals surface area contributed by atoms with E-state index in [9.17, 15) is 0 Å². The topological polar surface area (TPSA) is 12.0 Å². The molecule has 1 heteroatoms. The summed E-state index contributed by atoms with van der Waals surface area (Å²) >= 11 is 0. The summed E-state index contributed by atoms with van der Waals surface area (Å²) in [6.45, 7) is 7.09. The Hall–Kier alpha value is -1.08. The van der Waals surface area contributed by atoms with Crippen LogP contribution in [0.15, 0.2) is 24.8 Å². The zero-order valence-electron chi connectivity index (χ0n) is 9.84. The lowest BCUT2D eigenvalue weighted by Gasteiger charge is -2.07. The van der Waals surface area contributed by atoms with Crippen LogP contribution >= 0.6 is 0 Å². The fourth-order valence-corrected chi connectivity index (χ4v) is 1.75. The second kappa shape index (κ2) is 6.41. The van der Waals surface area contributed by atoms with Crippen molar-refractivity contribution < 1.29 is 0 Å². The van der Waals surface area contributed by atoms with Crippen molar-refractivity contribution in [2.45, 2.75) is 26.2 Å². The summed E-state index contributed by atoms with van der Waals surface area (Å²) in [7, 11) is 2.00. The first-order chi connectivity index (χ1) is 7.27. The standard InChI is InChI=1S/C14H21N/c1-4-13-11-12(2)8-9-14(13)7-5-6-10-15-3/h4,8-9,11,15H,1,5-7,10H2,2-3H3. The van der Waals surface area contributed by atoms with Gasteiger partial charge in [0.25, 0.3) is 0 Å². The number of hydrogen-bond donors (Lipinski definition) is 1. The molecule has 0 atom stereocenters. The molecule has 0 aliphatic heterocycles. The van der Waals surface area contributed by atoms with Gasteiger partial charge in [-0.2, -0.15) is 0 Å². The van der Waals surface area contributed by atoms with E-state index in [-0.39, 0.29) is 0 Å². The molecule has 0 saturated heterocycles. The van der Waals surface area contributed by atoms with Crippen LogP contribution in [0.4, 0.5) is 0 Å². The van der Waals surface area contributed by atoms with Crippen molar-refractivity contribution >= 4 is 6.08 Å². The Bertz CT molecular complexity index is 315. The third kappa shape index (κ3) is 3.88. The lowest BCUT2D eigenvalue weighted by molar-refractivity contribution is 0.677. The van der Waals surface area contributed by atoms with Crippen LogP contribution in [0.1, 0.15) is 29.5 Å². The van der Waals surface area contributed by atoms with Crippen molar-refractivity contribution in [1.29, 1.82) is 0 Å². The van der Waals surface area contributed by atoms with Gasteiger partial charge in [0.15, 0.2) is 0 Å². The SMILES string of the molecule is C=Cc1cc(C)ccc1CCCCNC. The Kier molecular flexibility index (Phi) is 5.13. The van der Waals surface area contributed by atoms with Gasteiger partial charge in [0.1, 0.15) is 0 Å². The molecule has 1 rings (SSSR count). The molecule has 1 N–H and O–H groups in total. The number of unbranched alkanes of at least 4 members (excludes halogenated alkanes) is 1. The van der Waals surface area contributed by atoms with Gasteiger partial charge in [-0.3, -0.25) is 0 Å². The second-order valence-electron chi connectivity index (χ2n) is 3.97. The van der Waals surface area contributed by atoms with Crippen LogP contribution in [0.3, 0.4) is 0 Å². The molecule has 1 nitrogen and oxygen atoms in total. The zero-order chi connectivity index (χ0) is 11.1. The summed E-state index contributed by atoms with van der Waals surface area (Å²) in [4.78, 5) is 0. The van der Waals surface area contributed by atoms with E-state index in [4.69, 9.17) is 0 Å². The number of benzene rings is 1. The van der Waals surface area contributed by atoms with Gasteiger partial charge in [-0.1, -0.05) is 36.4 Å². The molecule has 15 heavy (non-hydrogen) atoms. The van der Waals surface area contributed by atoms with Crippen molar-refractivity contribution in [2.24, 2.45) is 0 Å². The van der Waals surface area contributed by atoms with Gasteiger partial charge in [-0.05, 0) is 50.9 Å². The van der Waals surface area contributed by atoms with Crippen molar-refractivity contribution in [3.8, 4) is 0 Å². The third-order valence-corrected chi connectivity index (χ3v) is 2.64. The predicted octanol–water partition coefficient (Wildman–Crippen LogP) is 3.18. The molecule has 0 aromatic heterocycles. The van der Waals surface area contributed by atoms with E-state index in [2.05, 4.69) is 37.0 Å². The molecule has 1 aromatic rings. The van der Waals surface area contributed by atoms with E-state index in [1.807, 2.05) is 13.1 Å². The summed E-state index contributed by atoms with van der Waals surface area (Å²) < 4.78 is 0. The van der Waals surface area contributed by atoms with Gasteiger partial charge in [0, 0.05) is 0 Å². The van der Waals surface area contributed by atoms with Gasteiger partial charge in [0.2, 0.25) is 0 Å². The molecule has 0 saturated carbocycles. The highest BCUT2D eigenvalue weighted by Crippen LogP contribution is 2.15. The quantitative estimate of drug-likeness (QED) is 0.700. The molecule has 0 heterocycles. The third-order valence-electron chi connectivity index (χ3n) is 2.64. The first-order valence-corrected chi connectivity index (χ1v) is 5.64. The van der Waals surface area contributed by atoms with E-state index in [0.29, 0.717) is 0 Å². The Balaban J connectivity index is 2.56. The normalized spacial score (nSPS) is 10.3. The molecular weight excluding hydrogens is 182 g/mol. The highest BCUT2D eigenvalue weighted by molar-refractivity contribution is 5.53. The maximum absolute atomic E-state index is 3.86. The Morgan fingerprint density at radius 1 is 1.33 bits per heavy atom. The van der Waals surface area contributed by atoms with Crippen molar-refractivity contribution in [2.75, 3.05) is 13.6 Å². The maximum Gasteiger partial charge on any atom is -0.00518 e. The minimum atomic E-state index is 1.11. The van der Waals surface area contributed by atoms with E-state index >= 15 is 0 Å². The van der Waals surface area contributed by atoms with Crippen LogP contribution in [0.25, 0.3) is 6.08 Å². The monoisotopic (exact) mass is 203 g/mol. The fraction of sp³-hybridized carbons (Fsp3) is 0.429. The van der Waals surface area contributed by atoms with E-state index < -0.39 is 0 Å². The van der Waals surface area contributed by atoms with E-state index in [1.165, 1.54) is 29.5 Å². The molecule has 0 aliphatic rings. The molecule has 0 fully saturated rings. The summed E-state index contributed by atoms with van der Waals surface area (Å²) in [6.07, 6.45) is 5.59. The molecule has 0 spiro atoms. The van der Waals surface area contributed by atoms with Gasteiger partial charge in [-0.15, -0.1) is 0 Å². The number of aryl methyl sites for hydroxylation is 2. The predicted molar refractivity (Wildman–Crippen MR) is 68.1 cm³/mol. The Morgan fingerprint density at radius 3 is 2.80 bits per heavy atom. The molecule has 1 aromatic carbocycles. The Labute approximate surface area is 93.2 Å². The second-order valence-corrected chi connectivity index (χ2v) is 3.97. The molecular formula is C14H21N. The summed E-state index contributed by atoms with van der Waals surface area (Å²) in [5.74, 6) is 0. The molecule has 82 valence electrons. The molecule has 0 aliphatic carbocycles. The average Bonchev–Trinajstić information content (AvgIpc) is 2.26. The lowest BCUT2D eigenvalue weighted by atomic mass is 10.00. The highest BCUT2D eigenvalue weighted by atomic mass is 14.8. The molecule has 0 bridgehead atoms. The number of rotatable bonds is 6. The highest BCUT2D eigenvalue weighted by Gasteiger charge is 1.99. The molecule has 0 unspecified atom stereocenters. The largest absolute Gasteiger partial charge is 0.320 e. The van der Waals surface area contributed by atoms with Crippen molar-refractivity contribution in [3.05, 3.63) is 41.5 Å². The van der Waals surface area contributed by atoms with Crippen LogP contribution in [-0.2, 0) is 6.42 Å². The molecule has 0 radical (unpaired) electrons. The van der Waals surface area contributed by atoms with Gasteiger partial charge in [0.05, 0.1) is 0 Å². The van der Waals surface area contributed by atoms with Crippen LogP contribution in [0.2, 0.25) is 0 Å². The van der Waals surface area contributed by atoms with Crippen LogP contribution in [-0.4, -0.2) is 13.6 Å². The van der Waals surface area contributed by atoms with Crippen molar-refractivity contribution in [3.63, 3.8) is 0 Å². The van der Waals surface area contributed by atoms with Crippen LogP contribution < -0.4 is 5.32 Å². The Morgan fingerprint density at radius 2 is 2.13 bits per heavy atom. The minimum absolute atomic E-state index is 1.11.